The maximum atomic E-state index is 5.96. The molecule has 1 aliphatic rings. The molecule has 94 valence electrons. The van der Waals surface area contributed by atoms with E-state index in [0.717, 1.165) is 42.2 Å². The molecule has 1 aliphatic heterocycles. The van der Waals surface area contributed by atoms with Crippen molar-refractivity contribution >= 4 is 27.5 Å². The van der Waals surface area contributed by atoms with Gasteiger partial charge in [0.25, 0.3) is 0 Å². The molecular formula is C12H17BrClN3. The third-order valence-electron chi connectivity index (χ3n) is 2.99. The molecule has 0 aliphatic carbocycles. The lowest BCUT2D eigenvalue weighted by atomic mass is 10.2. The Morgan fingerprint density at radius 2 is 2.00 bits per heavy atom. The van der Waals surface area contributed by atoms with Crippen LogP contribution in [-0.2, 0) is 6.54 Å². The number of likely N-dealkylation sites (N-methyl/N-ethyl adjacent to an activating group) is 1. The molecule has 5 heteroatoms. The van der Waals surface area contributed by atoms with Crippen LogP contribution in [0.4, 0.5) is 0 Å². The van der Waals surface area contributed by atoms with Gasteiger partial charge in [-0.25, -0.2) is 5.01 Å². The zero-order chi connectivity index (χ0) is 12.3. The summed E-state index contributed by atoms with van der Waals surface area (Å²) in [6, 6.07) is 6.04. The molecule has 3 nitrogen and oxygen atoms in total. The molecule has 1 heterocycles. The first kappa shape index (κ1) is 13.3. The largest absolute Gasteiger partial charge is 0.304 e. The summed E-state index contributed by atoms with van der Waals surface area (Å²) < 4.78 is 0.955. The van der Waals surface area contributed by atoms with Gasteiger partial charge in [-0.15, -0.1) is 0 Å². The first-order valence-corrected chi connectivity index (χ1v) is 6.93. The van der Waals surface area contributed by atoms with E-state index < -0.39 is 0 Å². The monoisotopic (exact) mass is 317 g/mol. The molecule has 0 atom stereocenters. The van der Waals surface area contributed by atoms with Crippen molar-refractivity contribution in [2.45, 2.75) is 6.54 Å². The van der Waals surface area contributed by atoms with E-state index in [4.69, 9.17) is 11.6 Å². The summed E-state index contributed by atoms with van der Waals surface area (Å²) >= 11 is 9.40. The average Bonchev–Trinajstić information content (AvgIpc) is 2.33. The van der Waals surface area contributed by atoms with Gasteiger partial charge >= 0.3 is 0 Å². The lowest BCUT2D eigenvalue weighted by Gasteiger charge is -2.32. The standard InChI is InChI=1S/C12H17BrClN3/c1-16-4-6-17(7-5-16)15-9-10-2-3-12(14)11(13)8-10/h2-3,8,15H,4-7,9H2,1H3. The van der Waals surface area contributed by atoms with Crippen molar-refractivity contribution < 1.29 is 0 Å². The second-order valence-corrected chi connectivity index (χ2v) is 5.64. The van der Waals surface area contributed by atoms with E-state index >= 15 is 0 Å². The predicted octanol–water partition coefficient (Wildman–Crippen LogP) is 2.35. The fourth-order valence-corrected chi connectivity index (χ4v) is 2.36. The van der Waals surface area contributed by atoms with Crippen LogP contribution in [0, 0.1) is 0 Å². The van der Waals surface area contributed by atoms with Crippen molar-refractivity contribution in [2.24, 2.45) is 0 Å². The summed E-state index contributed by atoms with van der Waals surface area (Å²) in [6.45, 7) is 5.24. The van der Waals surface area contributed by atoms with Crippen LogP contribution < -0.4 is 5.43 Å². The molecule has 17 heavy (non-hydrogen) atoms. The van der Waals surface area contributed by atoms with Crippen LogP contribution in [0.15, 0.2) is 22.7 Å². The first-order chi connectivity index (χ1) is 8.15. The number of halogens is 2. The minimum absolute atomic E-state index is 0.758. The van der Waals surface area contributed by atoms with Gasteiger partial charge in [-0.2, -0.15) is 0 Å². The van der Waals surface area contributed by atoms with Crippen molar-refractivity contribution in [1.29, 1.82) is 0 Å². The van der Waals surface area contributed by atoms with Gasteiger partial charge in [0.1, 0.15) is 0 Å². The van der Waals surface area contributed by atoms with E-state index in [-0.39, 0.29) is 0 Å². The van der Waals surface area contributed by atoms with E-state index in [1.54, 1.807) is 0 Å². The molecule has 1 aromatic rings. The fraction of sp³-hybridized carbons (Fsp3) is 0.500. The third kappa shape index (κ3) is 3.93. The number of nitrogens with zero attached hydrogens (tertiary/aromatic N) is 2. The first-order valence-electron chi connectivity index (χ1n) is 5.76. The van der Waals surface area contributed by atoms with Crippen LogP contribution in [-0.4, -0.2) is 43.1 Å². The topological polar surface area (TPSA) is 18.5 Å². The molecular weight excluding hydrogens is 302 g/mol. The Kier molecular flexibility index (Phi) is 4.82. The van der Waals surface area contributed by atoms with Gasteiger partial charge in [0.15, 0.2) is 0 Å². The van der Waals surface area contributed by atoms with Gasteiger partial charge < -0.3 is 4.90 Å². The highest BCUT2D eigenvalue weighted by molar-refractivity contribution is 9.10. The molecule has 0 bridgehead atoms. The van der Waals surface area contributed by atoms with Crippen LogP contribution in [0.3, 0.4) is 0 Å². The van der Waals surface area contributed by atoms with E-state index in [9.17, 15) is 0 Å². The number of benzene rings is 1. The smallest absolute Gasteiger partial charge is 0.0548 e. The van der Waals surface area contributed by atoms with Crippen molar-refractivity contribution in [3.63, 3.8) is 0 Å². The lowest BCUT2D eigenvalue weighted by molar-refractivity contribution is 0.102. The third-order valence-corrected chi connectivity index (χ3v) is 4.21. The van der Waals surface area contributed by atoms with Crippen LogP contribution >= 0.6 is 27.5 Å². The van der Waals surface area contributed by atoms with Gasteiger partial charge in [-0.05, 0) is 40.7 Å². The number of piperazine rings is 1. The van der Waals surface area contributed by atoms with Gasteiger partial charge in [0.2, 0.25) is 0 Å². The molecule has 0 spiro atoms. The van der Waals surface area contributed by atoms with Crippen molar-refractivity contribution in [2.75, 3.05) is 33.2 Å². The number of nitrogens with one attached hydrogen (secondary N) is 1. The molecule has 0 amide bonds. The van der Waals surface area contributed by atoms with Crippen molar-refractivity contribution in [1.82, 2.24) is 15.3 Å². The van der Waals surface area contributed by atoms with E-state index in [1.165, 1.54) is 5.56 Å². The van der Waals surface area contributed by atoms with Gasteiger partial charge in [-0.3, -0.25) is 5.43 Å². The van der Waals surface area contributed by atoms with Gasteiger partial charge in [0, 0.05) is 37.2 Å². The Morgan fingerprint density at radius 3 is 2.65 bits per heavy atom. The molecule has 2 rings (SSSR count). The van der Waals surface area contributed by atoms with Crippen LogP contribution in [0.25, 0.3) is 0 Å². The SMILES string of the molecule is CN1CCN(NCc2ccc(Cl)c(Br)c2)CC1. The average molecular weight is 319 g/mol. The summed E-state index contributed by atoms with van der Waals surface area (Å²) in [7, 11) is 2.16. The minimum atomic E-state index is 0.758. The van der Waals surface area contributed by atoms with Crippen LogP contribution in [0.5, 0.6) is 0 Å². The molecule has 0 saturated carbocycles. The molecule has 0 radical (unpaired) electrons. The molecule has 1 N–H and O–H groups in total. The second kappa shape index (κ2) is 6.16. The number of hydrazine groups is 1. The molecule has 1 saturated heterocycles. The molecule has 0 aromatic heterocycles. The number of hydrogen-bond acceptors (Lipinski definition) is 3. The Labute approximate surface area is 116 Å². The lowest BCUT2D eigenvalue weighted by Crippen LogP contribution is -2.50. The maximum Gasteiger partial charge on any atom is 0.0548 e. The zero-order valence-electron chi connectivity index (χ0n) is 9.92. The van der Waals surface area contributed by atoms with Crippen LogP contribution in [0.2, 0.25) is 5.02 Å². The Bertz CT molecular complexity index is 378. The molecule has 1 fully saturated rings. The van der Waals surface area contributed by atoms with E-state index in [1.807, 2.05) is 6.07 Å². The number of rotatable bonds is 3. The van der Waals surface area contributed by atoms with Crippen molar-refractivity contribution in [3.05, 3.63) is 33.3 Å². The Morgan fingerprint density at radius 1 is 1.29 bits per heavy atom. The minimum Gasteiger partial charge on any atom is -0.304 e. The summed E-state index contributed by atoms with van der Waals surface area (Å²) in [4.78, 5) is 2.34. The maximum absolute atomic E-state index is 5.96. The van der Waals surface area contributed by atoms with Crippen LogP contribution in [0.1, 0.15) is 5.56 Å². The zero-order valence-corrected chi connectivity index (χ0v) is 12.3. The highest BCUT2D eigenvalue weighted by Gasteiger charge is 2.12. The molecule has 1 aromatic carbocycles. The quantitative estimate of drug-likeness (QED) is 0.923. The molecule has 0 unspecified atom stereocenters. The van der Waals surface area contributed by atoms with E-state index in [0.29, 0.717) is 0 Å². The van der Waals surface area contributed by atoms with Gasteiger partial charge in [-0.1, -0.05) is 17.7 Å². The fourth-order valence-electron chi connectivity index (χ4n) is 1.82. The second-order valence-electron chi connectivity index (χ2n) is 4.37. The number of hydrogen-bond donors (Lipinski definition) is 1. The highest BCUT2D eigenvalue weighted by atomic mass is 79.9. The summed E-state index contributed by atoms with van der Waals surface area (Å²) in [6.07, 6.45) is 0. The normalized spacial score (nSPS) is 18.5. The van der Waals surface area contributed by atoms with Gasteiger partial charge in [0.05, 0.1) is 5.02 Å². The predicted molar refractivity (Wildman–Crippen MR) is 75.1 cm³/mol. The Hall–Kier alpha value is -0.130. The summed E-state index contributed by atoms with van der Waals surface area (Å²) in [5.74, 6) is 0. The van der Waals surface area contributed by atoms with Crippen molar-refractivity contribution in [3.8, 4) is 0 Å². The van der Waals surface area contributed by atoms with E-state index in [2.05, 4.69) is 50.4 Å². The Balaban J connectivity index is 1.83. The summed E-state index contributed by atoms with van der Waals surface area (Å²) in [5, 5.41) is 3.04. The highest BCUT2D eigenvalue weighted by Crippen LogP contribution is 2.23. The summed E-state index contributed by atoms with van der Waals surface area (Å²) in [5.41, 5.74) is 4.68.